The van der Waals surface area contributed by atoms with Gasteiger partial charge in [0.05, 0.1) is 0 Å². The van der Waals surface area contributed by atoms with Crippen molar-refractivity contribution < 1.29 is 4.70 Å². The molecule has 0 spiro atoms. The van der Waals surface area contributed by atoms with Gasteiger partial charge in [-0.2, -0.15) is 0 Å². The van der Waals surface area contributed by atoms with E-state index in [2.05, 4.69) is 101 Å². The molecule has 2 nitrogen and oxygen atoms in total. The lowest BCUT2D eigenvalue weighted by Gasteiger charge is -2.17. The first-order valence-corrected chi connectivity index (χ1v) is 27.1. The largest absolute Gasteiger partial charge is 0.493 e. The molecule has 1 heterocycles. The van der Waals surface area contributed by atoms with Gasteiger partial charge in [0.1, 0.15) is 0 Å². The van der Waals surface area contributed by atoms with Crippen LogP contribution in [-0.2, 0) is 25.7 Å². The van der Waals surface area contributed by atoms with Crippen molar-refractivity contribution in [3.05, 3.63) is 111 Å². The second-order valence-electron chi connectivity index (χ2n) is 18.9. The van der Waals surface area contributed by atoms with Crippen LogP contribution < -0.4 is 0 Å². The maximum atomic E-state index is 12.5. The number of nitrogens with zero attached hydrogens (tertiary/aromatic N) is 2. The Kier molecular flexibility index (Phi) is 30.4. The predicted octanol–water partition coefficient (Wildman–Crippen LogP) is 20.0. The number of aryl methyl sites for hydroxylation is 4. The van der Waals surface area contributed by atoms with Gasteiger partial charge in [0.2, 0.25) is 11.4 Å². The number of hydrogen-bond donors (Lipinski definition) is 0. The number of rotatable bonds is 39. The van der Waals surface area contributed by atoms with Crippen LogP contribution >= 0.6 is 0 Å². The maximum Gasteiger partial charge on any atom is 0.211 e. The molecule has 0 atom stereocenters. The monoisotopic (exact) mass is 845 g/mol. The predicted molar refractivity (Wildman–Crippen MR) is 276 cm³/mol. The smallest absolute Gasteiger partial charge is 0.211 e. The van der Waals surface area contributed by atoms with E-state index in [0.29, 0.717) is 0 Å². The summed E-state index contributed by atoms with van der Waals surface area (Å²) in [6.07, 6.45) is 56.3. The third-order valence-electron chi connectivity index (χ3n) is 13.3. The van der Waals surface area contributed by atoms with Gasteiger partial charge in [-0.15, -0.1) is 0 Å². The van der Waals surface area contributed by atoms with Crippen molar-refractivity contribution >= 4 is 11.4 Å². The Morgan fingerprint density at radius 1 is 0.403 bits per heavy atom. The summed E-state index contributed by atoms with van der Waals surface area (Å²) in [6, 6.07) is 14.4. The highest BCUT2D eigenvalue weighted by Gasteiger charge is 2.31. The standard InChI is InChI=1S/C60H96N2/c1-6-11-16-20-22-24-26-28-30-32-34-36-40-52-45-47-54(43-38-18-13-8-3)57(49-52)59-51-56(42-15-10-5)60(62(59)61)58-50-53(46-48-55(58)44-39-19-14-9-4)41-37-35-33-31-29-27-25-23-21-17-12-7-2/h13-14,18-19,45-51H,6-12,15-17,20-44H2,1-5H3. The number of benzene rings is 2. The van der Waals surface area contributed by atoms with E-state index in [1.807, 2.05) is 0 Å². The van der Waals surface area contributed by atoms with E-state index in [0.717, 1.165) is 82.0 Å². The Hall–Kier alpha value is -3.00. The maximum absolute atomic E-state index is 12.5. The van der Waals surface area contributed by atoms with Crippen molar-refractivity contribution in [2.45, 2.75) is 259 Å². The summed E-state index contributed by atoms with van der Waals surface area (Å²) in [6.45, 7) is 11.3. The van der Waals surface area contributed by atoms with Crippen LogP contribution in [0.15, 0.2) is 72.4 Å². The van der Waals surface area contributed by atoms with E-state index in [4.69, 9.17) is 0 Å². The lowest BCUT2D eigenvalue weighted by atomic mass is 9.93. The Balaban J connectivity index is 1.75. The first kappa shape index (κ1) is 53.3. The quantitative estimate of drug-likeness (QED) is 0.0364. The van der Waals surface area contributed by atoms with Crippen molar-refractivity contribution in [3.8, 4) is 0 Å². The van der Waals surface area contributed by atoms with E-state index in [1.165, 1.54) is 193 Å². The number of unbranched alkanes of at least 4 members (excludes halogenated alkanes) is 23. The molecule has 346 valence electrons. The van der Waals surface area contributed by atoms with Crippen LogP contribution in [0, 0.1) is 0 Å². The summed E-state index contributed by atoms with van der Waals surface area (Å²) < 4.78 is 1.62. The molecule has 2 aromatic rings. The number of allylic oxidation sites excluding steroid dienone is 6. The fourth-order valence-electron chi connectivity index (χ4n) is 9.43. The Labute approximate surface area is 385 Å². The zero-order valence-electron chi connectivity index (χ0n) is 41.5. The van der Waals surface area contributed by atoms with Gasteiger partial charge in [0, 0.05) is 22.8 Å². The molecular weight excluding hydrogens is 749 g/mol. The number of hydrogen-bond acceptors (Lipinski definition) is 0. The third kappa shape index (κ3) is 21.6. The van der Waals surface area contributed by atoms with Crippen molar-refractivity contribution in [3.63, 3.8) is 0 Å². The van der Waals surface area contributed by atoms with Crippen molar-refractivity contribution in [2.24, 2.45) is 0 Å². The van der Waals surface area contributed by atoms with E-state index >= 15 is 0 Å². The van der Waals surface area contributed by atoms with Crippen LogP contribution in [0.3, 0.4) is 0 Å². The van der Waals surface area contributed by atoms with Gasteiger partial charge >= 0.3 is 0 Å². The molecule has 0 bridgehead atoms. The minimum Gasteiger partial charge on any atom is -0.493 e. The highest BCUT2D eigenvalue weighted by atomic mass is 15.2. The molecule has 0 fully saturated rings. The second kappa shape index (κ2) is 35.4. The van der Waals surface area contributed by atoms with Crippen LogP contribution in [0.25, 0.3) is 16.9 Å². The molecule has 62 heavy (non-hydrogen) atoms. The van der Waals surface area contributed by atoms with Crippen LogP contribution in [0.4, 0.5) is 0 Å². The highest BCUT2D eigenvalue weighted by Crippen LogP contribution is 2.41. The minimum absolute atomic E-state index is 0.973. The molecule has 3 rings (SSSR count). The second-order valence-corrected chi connectivity index (χ2v) is 18.9. The molecule has 0 aliphatic carbocycles. The van der Waals surface area contributed by atoms with Crippen LogP contribution in [-0.4, -0.2) is 4.70 Å². The molecule has 2 heteroatoms. The van der Waals surface area contributed by atoms with Gasteiger partial charge < -0.3 is 5.53 Å². The van der Waals surface area contributed by atoms with Crippen LogP contribution in [0.1, 0.15) is 267 Å². The molecule has 1 aliphatic heterocycles. The summed E-state index contributed by atoms with van der Waals surface area (Å²) in [7, 11) is 0. The van der Waals surface area contributed by atoms with E-state index < -0.39 is 0 Å². The van der Waals surface area contributed by atoms with Gasteiger partial charge in [0.25, 0.3) is 0 Å². The molecule has 0 saturated carbocycles. The highest BCUT2D eigenvalue weighted by molar-refractivity contribution is 5.80. The van der Waals surface area contributed by atoms with Crippen LogP contribution in [0.5, 0.6) is 0 Å². The fourth-order valence-corrected chi connectivity index (χ4v) is 9.43. The Morgan fingerprint density at radius 2 is 0.790 bits per heavy atom. The molecule has 2 aromatic carbocycles. The lowest BCUT2D eigenvalue weighted by molar-refractivity contribution is -0.344. The van der Waals surface area contributed by atoms with Gasteiger partial charge in [-0.25, -0.2) is 4.70 Å². The van der Waals surface area contributed by atoms with Gasteiger partial charge in [0.15, 0.2) is 0 Å². The molecular formula is C60H96N2. The lowest BCUT2D eigenvalue weighted by Crippen LogP contribution is -2.08. The molecule has 0 unspecified atom stereocenters. The molecule has 0 aromatic heterocycles. The van der Waals surface area contributed by atoms with Gasteiger partial charge in [-0.05, 0) is 111 Å². The first-order chi connectivity index (χ1) is 30.6. The van der Waals surface area contributed by atoms with Gasteiger partial charge in [-0.3, -0.25) is 0 Å². The minimum atomic E-state index is 0.973. The Morgan fingerprint density at radius 3 is 1.21 bits per heavy atom. The van der Waals surface area contributed by atoms with Crippen molar-refractivity contribution in [1.82, 2.24) is 0 Å². The average Bonchev–Trinajstić information content (AvgIpc) is 3.61. The Bertz CT molecular complexity index is 1600. The summed E-state index contributed by atoms with van der Waals surface area (Å²) in [5.74, 6) is 0. The normalized spacial score (nSPS) is 13.2. The first-order valence-electron chi connectivity index (χ1n) is 27.1. The summed E-state index contributed by atoms with van der Waals surface area (Å²) in [5.41, 5.74) is 23.8. The van der Waals surface area contributed by atoms with Crippen LogP contribution in [0.2, 0.25) is 0 Å². The molecule has 0 radical (unpaired) electrons. The molecule has 0 saturated heterocycles. The zero-order valence-corrected chi connectivity index (χ0v) is 41.5. The SMILES string of the molecule is CCC=CCCc1ccc(CCCCCCCCCCCCCC)cc1C1=CC(CCCC)=C(c2cc(CCCCCCCCCCCCCC)ccc2CCC=CCC)[N+]1=[N-]. The molecule has 0 amide bonds. The van der Waals surface area contributed by atoms with Crippen molar-refractivity contribution in [1.29, 1.82) is 0 Å². The summed E-state index contributed by atoms with van der Waals surface area (Å²) in [5, 5.41) is 0. The zero-order chi connectivity index (χ0) is 44.3. The van der Waals surface area contributed by atoms with Gasteiger partial charge in [-0.1, -0.05) is 231 Å². The van der Waals surface area contributed by atoms with Crippen molar-refractivity contribution in [2.75, 3.05) is 0 Å². The molecule has 1 aliphatic rings. The van der Waals surface area contributed by atoms with E-state index in [-0.39, 0.29) is 0 Å². The summed E-state index contributed by atoms with van der Waals surface area (Å²) >= 11 is 0. The summed E-state index contributed by atoms with van der Waals surface area (Å²) in [4.78, 5) is 0. The topological polar surface area (TPSA) is 25.3 Å². The average molecular weight is 845 g/mol. The third-order valence-corrected chi connectivity index (χ3v) is 13.3. The fraction of sp³-hybridized carbons (Fsp3) is 0.667. The van der Waals surface area contributed by atoms with E-state index in [1.54, 1.807) is 4.70 Å². The van der Waals surface area contributed by atoms with E-state index in [9.17, 15) is 5.53 Å². The molecule has 0 N–H and O–H groups in total.